The molecule has 0 amide bonds. The summed E-state index contributed by atoms with van der Waals surface area (Å²) in [5.41, 5.74) is 13.7. The van der Waals surface area contributed by atoms with Gasteiger partial charge in [0.05, 0.1) is 0 Å². The Morgan fingerprint density at radius 1 is 1.31 bits per heavy atom. The molecule has 0 unspecified atom stereocenters. The molecule has 1 aromatic rings. The molecule has 0 bridgehead atoms. The van der Waals surface area contributed by atoms with E-state index in [-0.39, 0.29) is 12.1 Å². The van der Waals surface area contributed by atoms with Gasteiger partial charge in [-0.15, -0.1) is 0 Å². The molecule has 0 saturated heterocycles. The maximum atomic E-state index is 6.03. The van der Waals surface area contributed by atoms with Gasteiger partial charge in [-0.25, -0.2) is 0 Å². The van der Waals surface area contributed by atoms with Crippen molar-refractivity contribution in [3.8, 4) is 0 Å². The zero-order valence-corrected chi connectivity index (χ0v) is 8.68. The van der Waals surface area contributed by atoms with Gasteiger partial charge in [0.1, 0.15) is 0 Å². The molecule has 1 rings (SSSR count). The van der Waals surface area contributed by atoms with Crippen molar-refractivity contribution in [1.29, 1.82) is 0 Å². The average Bonchev–Trinajstić information content (AvgIpc) is 2.03. The summed E-state index contributed by atoms with van der Waals surface area (Å²) in [7, 11) is 0. The van der Waals surface area contributed by atoms with Gasteiger partial charge in [-0.1, -0.05) is 23.7 Å². The third-order valence-corrected chi connectivity index (χ3v) is 2.50. The summed E-state index contributed by atoms with van der Waals surface area (Å²) >= 11 is 6.03. The molecule has 0 aliphatic rings. The van der Waals surface area contributed by atoms with Crippen molar-refractivity contribution < 1.29 is 0 Å². The Bertz CT molecular complexity index is 277. The summed E-state index contributed by atoms with van der Waals surface area (Å²) in [6.45, 7) is 3.87. The first-order chi connectivity index (χ1) is 6.04. The summed E-state index contributed by atoms with van der Waals surface area (Å²) in [4.78, 5) is 0. The van der Waals surface area contributed by atoms with Crippen LogP contribution in [0.4, 0.5) is 0 Å². The molecule has 0 aromatic heterocycles. The number of rotatable bonds is 2. The van der Waals surface area contributed by atoms with Crippen molar-refractivity contribution >= 4 is 11.6 Å². The summed E-state index contributed by atoms with van der Waals surface area (Å²) in [6, 6.07) is 5.47. The lowest BCUT2D eigenvalue weighted by atomic mass is 9.97. The zero-order chi connectivity index (χ0) is 10.0. The molecule has 0 fully saturated rings. The third kappa shape index (κ3) is 2.21. The van der Waals surface area contributed by atoms with Crippen molar-refractivity contribution in [3.05, 3.63) is 34.3 Å². The fourth-order valence-corrected chi connectivity index (χ4v) is 1.68. The van der Waals surface area contributed by atoms with E-state index in [0.29, 0.717) is 5.02 Å². The monoisotopic (exact) mass is 198 g/mol. The fourth-order valence-electron chi connectivity index (χ4n) is 1.33. The van der Waals surface area contributed by atoms with Crippen LogP contribution in [0.2, 0.25) is 5.02 Å². The van der Waals surface area contributed by atoms with E-state index in [0.717, 1.165) is 11.1 Å². The summed E-state index contributed by atoms with van der Waals surface area (Å²) in [6.07, 6.45) is 0. The van der Waals surface area contributed by atoms with E-state index < -0.39 is 0 Å². The van der Waals surface area contributed by atoms with E-state index in [4.69, 9.17) is 23.1 Å². The van der Waals surface area contributed by atoms with Gasteiger partial charge in [0.15, 0.2) is 0 Å². The summed E-state index contributed by atoms with van der Waals surface area (Å²) in [5.74, 6) is 0. The van der Waals surface area contributed by atoms with E-state index in [9.17, 15) is 0 Å². The number of halogens is 1. The van der Waals surface area contributed by atoms with Crippen LogP contribution in [0.5, 0.6) is 0 Å². The first kappa shape index (κ1) is 10.5. The van der Waals surface area contributed by atoms with Gasteiger partial charge < -0.3 is 11.5 Å². The van der Waals surface area contributed by atoms with Crippen molar-refractivity contribution in [2.45, 2.75) is 25.9 Å². The molecule has 72 valence electrons. The summed E-state index contributed by atoms with van der Waals surface area (Å²) < 4.78 is 0. The van der Waals surface area contributed by atoms with Gasteiger partial charge in [-0.05, 0) is 31.0 Å². The van der Waals surface area contributed by atoms with E-state index in [1.807, 2.05) is 32.0 Å². The van der Waals surface area contributed by atoms with Gasteiger partial charge in [0, 0.05) is 17.1 Å². The van der Waals surface area contributed by atoms with Crippen molar-refractivity contribution in [2.75, 3.05) is 0 Å². The quantitative estimate of drug-likeness (QED) is 0.764. The maximum Gasteiger partial charge on any atom is 0.0463 e. The Morgan fingerprint density at radius 2 is 1.92 bits per heavy atom. The lowest BCUT2D eigenvalue weighted by Gasteiger charge is -2.19. The van der Waals surface area contributed by atoms with Gasteiger partial charge in [-0.3, -0.25) is 0 Å². The second-order valence-corrected chi connectivity index (χ2v) is 3.76. The summed E-state index contributed by atoms with van der Waals surface area (Å²) in [5, 5.41) is 0.699. The Hall–Kier alpha value is -0.570. The minimum atomic E-state index is -0.186. The largest absolute Gasteiger partial charge is 0.326 e. The number of aryl methyl sites for hydroxylation is 1. The highest BCUT2D eigenvalue weighted by Crippen LogP contribution is 2.26. The van der Waals surface area contributed by atoms with E-state index in [2.05, 4.69) is 0 Å². The second-order valence-electron chi connectivity index (χ2n) is 3.36. The SMILES string of the molecule is Cc1cccc(Cl)c1[C@H](N)[C@H](C)N. The lowest BCUT2D eigenvalue weighted by Crippen LogP contribution is -2.31. The van der Waals surface area contributed by atoms with Crippen LogP contribution in [0.3, 0.4) is 0 Å². The normalized spacial score (nSPS) is 15.5. The molecule has 0 radical (unpaired) electrons. The number of hydrogen-bond acceptors (Lipinski definition) is 2. The molecule has 3 heteroatoms. The molecule has 4 N–H and O–H groups in total. The molecule has 0 aliphatic carbocycles. The minimum absolute atomic E-state index is 0.0846. The average molecular weight is 199 g/mol. The number of nitrogens with two attached hydrogens (primary N) is 2. The van der Waals surface area contributed by atoms with Gasteiger partial charge in [-0.2, -0.15) is 0 Å². The molecule has 2 atom stereocenters. The lowest BCUT2D eigenvalue weighted by molar-refractivity contribution is 0.586. The number of benzene rings is 1. The molecule has 1 aromatic carbocycles. The Balaban J connectivity index is 3.12. The van der Waals surface area contributed by atoms with Gasteiger partial charge >= 0.3 is 0 Å². The molecular weight excluding hydrogens is 184 g/mol. The topological polar surface area (TPSA) is 52.0 Å². The Kier molecular flexibility index (Phi) is 3.31. The van der Waals surface area contributed by atoms with Gasteiger partial charge in [0.25, 0.3) is 0 Å². The van der Waals surface area contributed by atoms with Crippen LogP contribution in [0.15, 0.2) is 18.2 Å². The van der Waals surface area contributed by atoms with Crippen molar-refractivity contribution in [1.82, 2.24) is 0 Å². The van der Waals surface area contributed by atoms with Crippen LogP contribution in [0.1, 0.15) is 24.1 Å². The molecular formula is C10H15ClN2. The van der Waals surface area contributed by atoms with Crippen LogP contribution < -0.4 is 11.5 Å². The molecule has 2 nitrogen and oxygen atoms in total. The van der Waals surface area contributed by atoms with E-state index in [1.54, 1.807) is 0 Å². The van der Waals surface area contributed by atoms with E-state index in [1.165, 1.54) is 0 Å². The molecule has 13 heavy (non-hydrogen) atoms. The second kappa shape index (κ2) is 4.09. The maximum absolute atomic E-state index is 6.03. The van der Waals surface area contributed by atoms with Crippen LogP contribution in [-0.4, -0.2) is 6.04 Å². The molecule has 0 saturated carbocycles. The van der Waals surface area contributed by atoms with Crippen LogP contribution >= 0.6 is 11.6 Å². The molecule has 0 aliphatic heterocycles. The minimum Gasteiger partial charge on any atom is -0.326 e. The Morgan fingerprint density at radius 3 is 2.38 bits per heavy atom. The predicted molar refractivity (Wildman–Crippen MR) is 56.8 cm³/mol. The predicted octanol–water partition coefficient (Wildman–Crippen LogP) is 2.00. The highest BCUT2D eigenvalue weighted by atomic mass is 35.5. The highest BCUT2D eigenvalue weighted by molar-refractivity contribution is 6.31. The van der Waals surface area contributed by atoms with Crippen LogP contribution in [0, 0.1) is 6.92 Å². The van der Waals surface area contributed by atoms with Crippen LogP contribution in [0.25, 0.3) is 0 Å². The van der Waals surface area contributed by atoms with E-state index >= 15 is 0 Å². The van der Waals surface area contributed by atoms with Crippen molar-refractivity contribution in [3.63, 3.8) is 0 Å². The third-order valence-electron chi connectivity index (χ3n) is 2.17. The standard InChI is InChI=1S/C10H15ClN2/c1-6-4-3-5-8(11)9(6)10(13)7(2)12/h3-5,7,10H,12-13H2,1-2H3/t7-,10+/m0/s1. The Labute approximate surface area is 83.9 Å². The van der Waals surface area contributed by atoms with Gasteiger partial charge in [0.2, 0.25) is 0 Å². The highest BCUT2D eigenvalue weighted by Gasteiger charge is 2.15. The first-order valence-corrected chi connectivity index (χ1v) is 4.68. The molecule has 0 spiro atoms. The zero-order valence-electron chi connectivity index (χ0n) is 7.92. The first-order valence-electron chi connectivity index (χ1n) is 4.30. The smallest absolute Gasteiger partial charge is 0.0463 e. The van der Waals surface area contributed by atoms with Crippen LogP contribution in [-0.2, 0) is 0 Å². The fraction of sp³-hybridized carbons (Fsp3) is 0.400. The van der Waals surface area contributed by atoms with Crippen molar-refractivity contribution in [2.24, 2.45) is 11.5 Å². The molecule has 0 heterocycles. The number of hydrogen-bond donors (Lipinski definition) is 2.